The summed E-state index contributed by atoms with van der Waals surface area (Å²) in [4.78, 5) is 22.6. The molecule has 0 saturated heterocycles. The zero-order valence-electron chi connectivity index (χ0n) is 12.7. The molecule has 0 heterocycles. The summed E-state index contributed by atoms with van der Waals surface area (Å²) < 4.78 is 0. The summed E-state index contributed by atoms with van der Waals surface area (Å²) in [5.41, 5.74) is 5.30. The van der Waals surface area contributed by atoms with E-state index in [1.54, 1.807) is 6.92 Å². The number of carboxylic acid groups (broad SMARTS) is 1. The lowest BCUT2D eigenvalue weighted by Crippen LogP contribution is -2.53. The monoisotopic (exact) mass is 284 g/mol. The smallest absolute Gasteiger partial charge is 0.303 e. The lowest BCUT2D eigenvalue weighted by atomic mass is 9.93. The van der Waals surface area contributed by atoms with Gasteiger partial charge in [0.2, 0.25) is 5.91 Å². The third-order valence-corrected chi connectivity index (χ3v) is 4.22. The van der Waals surface area contributed by atoms with Gasteiger partial charge in [-0.15, -0.1) is 0 Å². The molecular formula is C15H28N2O3. The van der Waals surface area contributed by atoms with Crippen LogP contribution in [0.15, 0.2) is 0 Å². The maximum absolute atomic E-state index is 12.0. The zero-order chi connectivity index (χ0) is 15.2. The van der Waals surface area contributed by atoms with Crippen LogP contribution >= 0.6 is 0 Å². The van der Waals surface area contributed by atoms with Crippen LogP contribution < -0.4 is 11.1 Å². The summed E-state index contributed by atoms with van der Waals surface area (Å²) in [5, 5.41) is 11.6. The van der Waals surface area contributed by atoms with Gasteiger partial charge >= 0.3 is 5.97 Å². The van der Waals surface area contributed by atoms with E-state index >= 15 is 0 Å². The fraction of sp³-hybridized carbons (Fsp3) is 0.867. The number of amides is 1. The van der Waals surface area contributed by atoms with Crippen LogP contribution in [-0.2, 0) is 9.59 Å². The molecule has 0 radical (unpaired) electrons. The molecule has 0 aromatic carbocycles. The van der Waals surface area contributed by atoms with Crippen molar-refractivity contribution in [1.29, 1.82) is 0 Å². The highest BCUT2D eigenvalue weighted by Gasteiger charge is 2.43. The number of carbonyl (C=O) groups is 2. The average Bonchev–Trinajstić information content (AvgIpc) is 3.20. The van der Waals surface area contributed by atoms with Crippen LogP contribution in [0, 0.1) is 11.8 Å². The van der Waals surface area contributed by atoms with Crippen molar-refractivity contribution < 1.29 is 14.7 Å². The van der Waals surface area contributed by atoms with Crippen molar-refractivity contribution in [3.05, 3.63) is 0 Å². The Kier molecular flexibility index (Phi) is 6.46. The Morgan fingerprint density at radius 1 is 1.35 bits per heavy atom. The fourth-order valence-corrected chi connectivity index (χ4v) is 2.62. The van der Waals surface area contributed by atoms with Crippen LogP contribution in [0.25, 0.3) is 0 Å². The van der Waals surface area contributed by atoms with E-state index in [4.69, 9.17) is 10.8 Å². The van der Waals surface area contributed by atoms with E-state index in [0.29, 0.717) is 24.8 Å². The molecule has 20 heavy (non-hydrogen) atoms. The maximum atomic E-state index is 12.0. The van der Waals surface area contributed by atoms with Gasteiger partial charge in [0.1, 0.15) is 0 Å². The Labute approximate surface area is 121 Å². The molecule has 1 rings (SSSR count). The lowest BCUT2D eigenvalue weighted by Gasteiger charge is -2.24. The van der Waals surface area contributed by atoms with Crippen molar-refractivity contribution in [3.63, 3.8) is 0 Å². The van der Waals surface area contributed by atoms with Crippen molar-refractivity contribution in [2.45, 2.75) is 64.3 Å². The maximum Gasteiger partial charge on any atom is 0.303 e. The summed E-state index contributed by atoms with van der Waals surface area (Å²) >= 11 is 0. The van der Waals surface area contributed by atoms with Crippen molar-refractivity contribution in [1.82, 2.24) is 5.32 Å². The standard InChI is InChI=1S/C15H28N2O3/c1-3-4-11(5-8-13(18)19)9-10-17-14(20)15(2,16)12-6-7-12/h11-12H,3-10,16H2,1-2H3,(H,17,20)(H,18,19). The highest BCUT2D eigenvalue weighted by Crippen LogP contribution is 2.38. The predicted molar refractivity (Wildman–Crippen MR) is 78.2 cm³/mol. The second-order valence-electron chi connectivity index (χ2n) is 6.19. The van der Waals surface area contributed by atoms with Gasteiger partial charge in [-0.05, 0) is 44.4 Å². The number of nitrogens with one attached hydrogen (secondary N) is 1. The van der Waals surface area contributed by atoms with Crippen LogP contribution in [0.4, 0.5) is 0 Å². The molecule has 1 aliphatic carbocycles. The molecule has 1 fully saturated rings. The van der Waals surface area contributed by atoms with Crippen molar-refractivity contribution >= 4 is 11.9 Å². The molecule has 0 aromatic heterocycles. The predicted octanol–water partition coefficient (Wildman–Crippen LogP) is 1.90. The summed E-state index contributed by atoms with van der Waals surface area (Å²) in [6.45, 7) is 4.48. The molecule has 0 spiro atoms. The van der Waals surface area contributed by atoms with Gasteiger partial charge in [0.05, 0.1) is 5.54 Å². The topological polar surface area (TPSA) is 92.4 Å². The van der Waals surface area contributed by atoms with E-state index in [-0.39, 0.29) is 12.3 Å². The summed E-state index contributed by atoms with van der Waals surface area (Å²) in [5.74, 6) is -0.144. The minimum absolute atomic E-state index is 0.0755. The molecule has 0 aromatic rings. The fourth-order valence-electron chi connectivity index (χ4n) is 2.62. The number of carbonyl (C=O) groups excluding carboxylic acids is 1. The first-order chi connectivity index (χ1) is 9.37. The van der Waals surface area contributed by atoms with Gasteiger partial charge in [-0.2, -0.15) is 0 Å². The molecule has 0 aliphatic heterocycles. The Balaban J connectivity index is 2.28. The number of hydrogen-bond acceptors (Lipinski definition) is 3. The average molecular weight is 284 g/mol. The van der Waals surface area contributed by atoms with Gasteiger partial charge in [0.25, 0.3) is 0 Å². The first-order valence-electron chi connectivity index (χ1n) is 7.66. The molecule has 1 aliphatic rings. The van der Waals surface area contributed by atoms with Gasteiger partial charge in [0.15, 0.2) is 0 Å². The van der Waals surface area contributed by atoms with Crippen molar-refractivity contribution in [2.24, 2.45) is 17.6 Å². The van der Waals surface area contributed by atoms with E-state index < -0.39 is 11.5 Å². The van der Waals surface area contributed by atoms with E-state index in [9.17, 15) is 9.59 Å². The highest BCUT2D eigenvalue weighted by molar-refractivity contribution is 5.86. The molecule has 0 bridgehead atoms. The second kappa shape index (κ2) is 7.62. The van der Waals surface area contributed by atoms with Gasteiger partial charge in [-0.25, -0.2) is 0 Å². The molecule has 2 unspecified atom stereocenters. The number of nitrogens with two attached hydrogens (primary N) is 1. The summed E-state index contributed by atoms with van der Waals surface area (Å²) in [7, 11) is 0. The molecule has 1 saturated carbocycles. The molecule has 5 heteroatoms. The number of rotatable bonds is 10. The van der Waals surface area contributed by atoms with E-state index in [1.165, 1.54) is 0 Å². The molecular weight excluding hydrogens is 256 g/mol. The normalized spacial score (nSPS) is 19.1. The van der Waals surface area contributed by atoms with Gasteiger partial charge in [-0.1, -0.05) is 19.8 Å². The second-order valence-corrected chi connectivity index (χ2v) is 6.19. The molecule has 2 atom stereocenters. The SMILES string of the molecule is CCCC(CCNC(=O)C(C)(N)C1CC1)CCC(=O)O. The van der Waals surface area contributed by atoms with Crippen molar-refractivity contribution in [2.75, 3.05) is 6.54 Å². The molecule has 116 valence electrons. The number of hydrogen-bond donors (Lipinski definition) is 3. The minimum atomic E-state index is -0.751. The van der Waals surface area contributed by atoms with E-state index in [0.717, 1.165) is 32.1 Å². The molecule has 1 amide bonds. The molecule has 4 N–H and O–H groups in total. The highest BCUT2D eigenvalue weighted by atomic mass is 16.4. The number of aliphatic carboxylic acids is 1. The Morgan fingerprint density at radius 2 is 2.00 bits per heavy atom. The minimum Gasteiger partial charge on any atom is -0.481 e. The third kappa shape index (κ3) is 5.49. The largest absolute Gasteiger partial charge is 0.481 e. The van der Waals surface area contributed by atoms with Gasteiger partial charge < -0.3 is 16.2 Å². The summed E-state index contributed by atoms with van der Waals surface area (Å²) in [6, 6.07) is 0. The van der Waals surface area contributed by atoms with E-state index in [2.05, 4.69) is 12.2 Å². The van der Waals surface area contributed by atoms with Crippen LogP contribution in [0.1, 0.15) is 58.8 Å². The number of carboxylic acids is 1. The Hall–Kier alpha value is -1.10. The first-order valence-corrected chi connectivity index (χ1v) is 7.66. The van der Waals surface area contributed by atoms with Crippen molar-refractivity contribution in [3.8, 4) is 0 Å². The Bertz CT molecular complexity index is 338. The van der Waals surface area contributed by atoms with Crippen LogP contribution in [0.3, 0.4) is 0 Å². The van der Waals surface area contributed by atoms with E-state index in [1.807, 2.05) is 0 Å². The third-order valence-electron chi connectivity index (χ3n) is 4.22. The first kappa shape index (κ1) is 17.0. The van der Waals surface area contributed by atoms with Gasteiger partial charge in [0, 0.05) is 13.0 Å². The van der Waals surface area contributed by atoms with Gasteiger partial charge in [-0.3, -0.25) is 9.59 Å². The molecule has 5 nitrogen and oxygen atoms in total. The Morgan fingerprint density at radius 3 is 2.50 bits per heavy atom. The quantitative estimate of drug-likeness (QED) is 0.571. The van der Waals surface area contributed by atoms with Crippen LogP contribution in [0.2, 0.25) is 0 Å². The van der Waals surface area contributed by atoms with Crippen LogP contribution in [0.5, 0.6) is 0 Å². The lowest BCUT2D eigenvalue weighted by molar-refractivity contribution is -0.137. The zero-order valence-corrected chi connectivity index (χ0v) is 12.7. The van der Waals surface area contributed by atoms with Crippen LogP contribution in [-0.4, -0.2) is 29.1 Å². The summed E-state index contributed by atoms with van der Waals surface area (Å²) in [6.07, 6.45) is 5.83.